The van der Waals surface area contributed by atoms with E-state index >= 15 is 0 Å². The van der Waals surface area contributed by atoms with Crippen molar-refractivity contribution in [3.63, 3.8) is 0 Å². The van der Waals surface area contributed by atoms with Crippen LogP contribution < -0.4 is 9.64 Å². The summed E-state index contributed by atoms with van der Waals surface area (Å²) in [5.41, 5.74) is 3.05. The Kier molecular flexibility index (Phi) is 5.02. The number of carboxylic acid groups (broad SMARTS) is 1. The van der Waals surface area contributed by atoms with Crippen molar-refractivity contribution in [2.75, 3.05) is 25.1 Å². The Balaban J connectivity index is 1.59. The van der Waals surface area contributed by atoms with E-state index in [0.29, 0.717) is 17.8 Å². The van der Waals surface area contributed by atoms with E-state index < -0.39 is 5.97 Å². The molecule has 1 aliphatic carbocycles. The fourth-order valence-electron chi connectivity index (χ4n) is 4.52. The van der Waals surface area contributed by atoms with E-state index in [2.05, 4.69) is 24.0 Å². The number of rotatable bonds is 4. The molecule has 1 saturated carbocycles. The van der Waals surface area contributed by atoms with Crippen LogP contribution in [0, 0.1) is 18.3 Å². The van der Waals surface area contributed by atoms with Gasteiger partial charge in [-0.2, -0.15) is 0 Å². The lowest BCUT2D eigenvalue weighted by molar-refractivity contribution is -0.138. The smallest absolute Gasteiger partial charge is 0.303 e. The summed E-state index contributed by atoms with van der Waals surface area (Å²) in [5, 5.41) is 8.98. The Bertz CT molecular complexity index is 581. The van der Waals surface area contributed by atoms with Crippen molar-refractivity contribution in [1.82, 2.24) is 0 Å². The molecule has 0 radical (unpaired) electrons. The summed E-state index contributed by atoms with van der Waals surface area (Å²) < 4.78 is 5.38. The van der Waals surface area contributed by atoms with Gasteiger partial charge in [0.15, 0.2) is 0 Å². The molecular formula is C20H29NO3. The van der Waals surface area contributed by atoms with Crippen LogP contribution in [0.15, 0.2) is 18.2 Å². The monoisotopic (exact) mass is 331 g/mol. The minimum atomic E-state index is -0.640. The van der Waals surface area contributed by atoms with Gasteiger partial charge in [0.2, 0.25) is 0 Å². The number of methoxy groups -OCH3 is 1. The molecule has 4 nitrogen and oxygen atoms in total. The topological polar surface area (TPSA) is 49.8 Å². The van der Waals surface area contributed by atoms with Crippen LogP contribution in [0.5, 0.6) is 5.75 Å². The van der Waals surface area contributed by atoms with Crippen molar-refractivity contribution in [3.05, 3.63) is 23.8 Å². The molecule has 1 spiro atoms. The number of hydrogen-bond acceptors (Lipinski definition) is 3. The van der Waals surface area contributed by atoms with Gasteiger partial charge in [0.25, 0.3) is 0 Å². The molecule has 1 aliphatic heterocycles. The fraction of sp³-hybridized carbons (Fsp3) is 0.650. The molecule has 1 aromatic carbocycles. The van der Waals surface area contributed by atoms with Gasteiger partial charge in [0.1, 0.15) is 5.75 Å². The van der Waals surface area contributed by atoms with Crippen LogP contribution in [0.1, 0.15) is 50.5 Å². The first kappa shape index (κ1) is 17.1. The Morgan fingerprint density at radius 3 is 2.50 bits per heavy atom. The van der Waals surface area contributed by atoms with Crippen molar-refractivity contribution in [2.24, 2.45) is 11.3 Å². The number of piperidine rings is 1. The number of hydrogen-bond donors (Lipinski definition) is 1. The Morgan fingerprint density at radius 2 is 1.92 bits per heavy atom. The maximum Gasteiger partial charge on any atom is 0.303 e. The highest BCUT2D eigenvalue weighted by Crippen LogP contribution is 2.47. The number of aliphatic carboxylic acids is 1. The number of carboxylic acids is 1. The first-order valence-corrected chi connectivity index (χ1v) is 9.13. The summed E-state index contributed by atoms with van der Waals surface area (Å²) >= 11 is 0. The number of aryl methyl sites for hydroxylation is 1. The minimum absolute atomic E-state index is 0.352. The molecule has 2 fully saturated rings. The van der Waals surface area contributed by atoms with Crippen LogP contribution >= 0.6 is 0 Å². The minimum Gasteiger partial charge on any atom is -0.497 e. The SMILES string of the molecule is COc1ccc(C)c(N2CCC3(CCC(CC(=O)O)CC3)CC2)c1. The van der Waals surface area contributed by atoms with Gasteiger partial charge in [-0.05, 0) is 68.4 Å². The van der Waals surface area contributed by atoms with Crippen LogP contribution in [0.25, 0.3) is 0 Å². The first-order chi connectivity index (χ1) is 11.5. The van der Waals surface area contributed by atoms with Gasteiger partial charge in [-0.25, -0.2) is 0 Å². The van der Waals surface area contributed by atoms with Crippen LogP contribution in [-0.2, 0) is 4.79 Å². The van der Waals surface area contributed by atoms with Gasteiger partial charge in [-0.3, -0.25) is 4.79 Å². The molecule has 1 heterocycles. The van der Waals surface area contributed by atoms with Crippen molar-refractivity contribution in [2.45, 2.75) is 51.9 Å². The number of carbonyl (C=O) groups is 1. The highest BCUT2D eigenvalue weighted by Gasteiger charge is 2.38. The number of ether oxygens (including phenoxy) is 1. The van der Waals surface area contributed by atoms with Crippen LogP contribution in [0.2, 0.25) is 0 Å². The molecule has 3 rings (SSSR count). The second-order valence-electron chi connectivity index (χ2n) is 7.68. The molecule has 1 saturated heterocycles. The second kappa shape index (κ2) is 7.04. The molecule has 4 heteroatoms. The molecule has 1 N–H and O–H groups in total. The third kappa shape index (κ3) is 3.68. The van der Waals surface area contributed by atoms with Gasteiger partial charge in [0, 0.05) is 31.3 Å². The van der Waals surface area contributed by atoms with E-state index in [1.807, 2.05) is 6.07 Å². The third-order valence-corrected chi connectivity index (χ3v) is 6.21. The molecule has 0 amide bonds. The summed E-state index contributed by atoms with van der Waals surface area (Å²) in [5.74, 6) is 0.677. The first-order valence-electron chi connectivity index (χ1n) is 9.13. The zero-order valence-electron chi connectivity index (χ0n) is 14.9. The number of nitrogens with zero attached hydrogens (tertiary/aromatic N) is 1. The van der Waals surface area contributed by atoms with E-state index in [9.17, 15) is 4.79 Å². The summed E-state index contributed by atoms with van der Waals surface area (Å²) in [6.07, 6.45) is 7.39. The third-order valence-electron chi connectivity index (χ3n) is 6.21. The molecule has 0 unspecified atom stereocenters. The average Bonchev–Trinajstić information content (AvgIpc) is 2.58. The zero-order chi connectivity index (χ0) is 17.2. The number of benzene rings is 1. The predicted molar refractivity (Wildman–Crippen MR) is 95.8 cm³/mol. The van der Waals surface area contributed by atoms with E-state index in [1.165, 1.54) is 36.9 Å². The molecule has 132 valence electrons. The molecule has 0 bridgehead atoms. The summed E-state index contributed by atoms with van der Waals surface area (Å²) in [4.78, 5) is 13.4. The molecule has 1 aromatic rings. The van der Waals surface area contributed by atoms with Gasteiger partial charge < -0.3 is 14.7 Å². The van der Waals surface area contributed by atoms with Crippen LogP contribution in [0.3, 0.4) is 0 Å². The summed E-state index contributed by atoms with van der Waals surface area (Å²) in [6.45, 7) is 4.35. The lowest BCUT2D eigenvalue weighted by Crippen LogP contribution is -2.42. The molecule has 0 atom stereocenters. The Morgan fingerprint density at radius 1 is 1.25 bits per heavy atom. The van der Waals surface area contributed by atoms with E-state index in [1.54, 1.807) is 7.11 Å². The van der Waals surface area contributed by atoms with Gasteiger partial charge in [-0.15, -0.1) is 0 Å². The van der Waals surface area contributed by atoms with Crippen molar-refractivity contribution in [3.8, 4) is 5.75 Å². The van der Waals surface area contributed by atoms with Crippen molar-refractivity contribution in [1.29, 1.82) is 0 Å². The normalized spacial score (nSPS) is 21.0. The van der Waals surface area contributed by atoms with Crippen molar-refractivity contribution < 1.29 is 14.6 Å². The highest BCUT2D eigenvalue weighted by molar-refractivity contribution is 5.67. The Labute approximate surface area is 144 Å². The molecule has 2 aliphatic rings. The van der Waals surface area contributed by atoms with Crippen LogP contribution in [-0.4, -0.2) is 31.3 Å². The Hall–Kier alpha value is -1.71. The summed E-state index contributed by atoms with van der Waals surface area (Å²) in [7, 11) is 1.72. The van der Waals surface area contributed by atoms with Crippen molar-refractivity contribution >= 4 is 11.7 Å². The zero-order valence-corrected chi connectivity index (χ0v) is 14.9. The van der Waals surface area contributed by atoms with Gasteiger partial charge >= 0.3 is 5.97 Å². The number of anilines is 1. The maximum atomic E-state index is 10.9. The largest absolute Gasteiger partial charge is 0.497 e. The average molecular weight is 331 g/mol. The highest BCUT2D eigenvalue weighted by atomic mass is 16.5. The van der Waals surface area contributed by atoms with E-state index in [0.717, 1.165) is 31.7 Å². The molecule has 0 aromatic heterocycles. The second-order valence-corrected chi connectivity index (χ2v) is 7.68. The van der Waals surface area contributed by atoms with E-state index in [4.69, 9.17) is 9.84 Å². The quantitative estimate of drug-likeness (QED) is 0.896. The standard InChI is InChI=1S/C20H29NO3/c1-15-3-4-17(24-2)14-18(15)21-11-9-20(10-12-21)7-5-16(6-8-20)13-19(22)23/h3-4,14,16H,5-13H2,1-2H3,(H,22,23). The van der Waals surface area contributed by atoms with Gasteiger partial charge in [0.05, 0.1) is 7.11 Å². The summed E-state index contributed by atoms with van der Waals surface area (Å²) in [6, 6.07) is 6.31. The lowest BCUT2D eigenvalue weighted by atomic mass is 9.65. The fourth-order valence-corrected chi connectivity index (χ4v) is 4.52. The molecule has 24 heavy (non-hydrogen) atoms. The maximum absolute atomic E-state index is 10.9. The molecular weight excluding hydrogens is 302 g/mol. The van der Waals surface area contributed by atoms with E-state index in [-0.39, 0.29) is 0 Å². The lowest BCUT2D eigenvalue weighted by Gasteiger charge is -2.46. The van der Waals surface area contributed by atoms with Crippen LogP contribution in [0.4, 0.5) is 5.69 Å². The van der Waals surface area contributed by atoms with Gasteiger partial charge in [-0.1, -0.05) is 6.07 Å². The predicted octanol–water partition coefficient (Wildman–Crippen LogP) is 4.26.